The number of benzene rings is 2. The third-order valence-corrected chi connectivity index (χ3v) is 5.06. The molecular formula is C19H17ClFN3O2. The number of anilines is 2. The zero-order chi connectivity index (χ0) is 18.3. The summed E-state index contributed by atoms with van der Waals surface area (Å²) in [4.78, 5) is 30.1. The van der Waals surface area contributed by atoms with Crippen LogP contribution in [0.2, 0.25) is 5.02 Å². The minimum Gasteiger partial charge on any atom is -0.369 e. The molecule has 0 atom stereocenters. The van der Waals surface area contributed by atoms with Crippen LogP contribution in [0.15, 0.2) is 42.5 Å². The number of fused-ring (bicyclic) bond motifs is 1. The van der Waals surface area contributed by atoms with E-state index in [1.54, 1.807) is 0 Å². The normalized spacial score (nSPS) is 17.8. The van der Waals surface area contributed by atoms with Gasteiger partial charge in [-0.15, -0.1) is 0 Å². The minimum atomic E-state index is -0.642. The Bertz CT molecular complexity index is 881. The van der Waals surface area contributed by atoms with Crippen LogP contribution in [0.25, 0.3) is 0 Å². The molecular weight excluding hydrogens is 357 g/mol. The quantitative estimate of drug-likeness (QED) is 0.776. The van der Waals surface area contributed by atoms with E-state index in [0.717, 1.165) is 37.9 Å². The van der Waals surface area contributed by atoms with Crippen LogP contribution in [-0.2, 0) is 4.79 Å². The summed E-state index contributed by atoms with van der Waals surface area (Å²) in [5.74, 6) is -1.75. The number of hydrogen-bond donors (Lipinski definition) is 0. The fraction of sp³-hybridized carbons (Fsp3) is 0.263. The molecule has 4 rings (SSSR count). The number of amides is 1. The topological polar surface area (TPSA) is 43.9 Å². The molecule has 2 heterocycles. The molecule has 26 heavy (non-hydrogen) atoms. The van der Waals surface area contributed by atoms with Crippen LogP contribution in [0.5, 0.6) is 0 Å². The molecule has 0 aliphatic carbocycles. The van der Waals surface area contributed by atoms with Crippen molar-refractivity contribution < 1.29 is 14.0 Å². The standard InChI is InChI=1S/C19H17ClFN3O2/c20-13-2-1-3-15(10-13)23-8-6-22(7-9-23)12-24-17-5-4-14(21)11-16(17)18(25)19(24)26/h1-5,10-11H,6-9,12H2. The molecule has 0 aromatic heterocycles. The summed E-state index contributed by atoms with van der Waals surface area (Å²) in [6.07, 6.45) is 0. The summed E-state index contributed by atoms with van der Waals surface area (Å²) >= 11 is 6.05. The molecule has 134 valence electrons. The molecule has 2 aliphatic rings. The Balaban J connectivity index is 1.44. The summed E-state index contributed by atoms with van der Waals surface area (Å²) in [6, 6.07) is 11.6. The van der Waals surface area contributed by atoms with Crippen LogP contribution in [0, 0.1) is 5.82 Å². The van der Waals surface area contributed by atoms with E-state index in [-0.39, 0.29) is 5.56 Å². The Morgan fingerprint density at radius 1 is 1.00 bits per heavy atom. The lowest BCUT2D eigenvalue weighted by Crippen LogP contribution is -2.51. The number of hydrogen-bond acceptors (Lipinski definition) is 4. The molecule has 2 aromatic rings. The van der Waals surface area contributed by atoms with Gasteiger partial charge in [-0.1, -0.05) is 17.7 Å². The van der Waals surface area contributed by atoms with E-state index in [9.17, 15) is 14.0 Å². The number of ketones is 1. The molecule has 1 fully saturated rings. The first kappa shape index (κ1) is 17.0. The van der Waals surface area contributed by atoms with Crippen LogP contribution >= 0.6 is 11.6 Å². The highest BCUT2D eigenvalue weighted by atomic mass is 35.5. The van der Waals surface area contributed by atoms with Gasteiger partial charge in [0.1, 0.15) is 5.82 Å². The number of carbonyl (C=O) groups is 2. The molecule has 0 spiro atoms. The van der Waals surface area contributed by atoms with Gasteiger partial charge >= 0.3 is 5.91 Å². The van der Waals surface area contributed by atoms with Gasteiger partial charge in [-0.25, -0.2) is 4.39 Å². The predicted octanol–water partition coefficient (Wildman–Crippen LogP) is 2.79. The Kier molecular flexibility index (Phi) is 4.38. The van der Waals surface area contributed by atoms with Crippen molar-refractivity contribution in [2.75, 3.05) is 42.6 Å². The average molecular weight is 374 g/mol. The molecule has 0 unspecified atom stereocenters. The highest BCUT2D eigenvalue weighted by molar-refractivity contribution is 6.52. The number of rotatable bonds is 3. The Morgan fingerprint density at radius 3 is 2.50 bits per heavy atom. The van der Waals surface area contributed by atoms with Gasteiger partial charge in [0.25, 0.3) is 5.78 Å². The van der Waals surface area contributed by atoms with Gasteiger partial charge in [0.2, 0.25) is 0 Å². The van der Waals surface area contributed by atoms with Crippen LogP contribution in [0.4, 0.5) is 15.8 Å². The number of halogens is 2. The molecule has 0 N–H and O–H groups in total. The second-order valence-electron chi connectivity index (χ2n) is 6.45. The van der Waals surface area contributed by atoms with Crippen molar-refractivity contribution in [2.24, 2.45) is 0 Å². The SMILES string of the molecule is O=C1C(=O)N(CN2CCN(c3cccc(Cl)c3)CC2)c2ccc(F)cc21. The lowest BCUT2D eigenvalue weighted by molar-refractivity contribution is -0.114. The Morgan fingerprint density at radius 2 is 1.77 bits per heavy atom. The smallest absolute Gasteiger partial charge is 0.300 e. The van der Waals surface area contributed by atoms with Crippen molar-refractivity contribution in [1.29, 1.82) is 0 Å². The second kappa shape index (κ2) is 6.70. The van der Waals surface area contributed by atoms with Crippen LogP contribution < -0.4 is 9.80 Å². The third kappa shape index (κ3) is 3.06. The van der Waals surface area contributed by atoms with Crippen LogP contribution in [0.3, 0.4) is 0 Å². The van der Waals surface area contributed by atoms with E-state index in [1.807, 2.05) is 24.3 Å². The van der Waals surface area contributed by atoms with Crippen LogP contribution in [-0.4, -0.2) is 49.4 Å². The van der Waals surface area contributed by atoms with Gasteiger partial charge in [0, 0.05) is 36.9 Å². The maximum absolute atomic E-state index is 13.4. The molecule has 1 amide bonds. The fourth-order valence-electron chi connectivity index (χ4n) is 3.43. The van der Waals surface area contributed by atoms with Gasteiger partial charge in [-0.2, -0.15) is 0 Å². The fourth-order valence-corrected chi connectivity index (χ4v) is 3.62. The molecule has 0 saturated carbocycles. The number of Topliss-reactive ketones (excluding diaryl/α,β-unsaturated/α-hetero) is 1. The second-order valence-corrected chi connectivity index (χ2v) is 6.89. The zero-order valence-corrected chi connectivity index (χ0v) is 14.7. The maximum Gasteiger partial charge on any atom is 0.300 e. The average Bonchev–Trinajstić information content (AvgIpc) is 2.87. The predicted molar refractivity (Wildman–Crippen MR) is 98.3 cm³/mol. The summed E-state index contributed by atoms with van der Waals surface area (Å²) in [6.45, 7) is 3.42. The minimum absolute atomic E-state index is 0.146. The van der Waals surface area contributed by atoms with Crippen molar-refractivity contribution in [3.05, 3.63) is 58.9 Å². The lowest BCUT2D eigenvalue weighted by atomic mass is 10.1. The first-order chi connectivity index (χ1) is 12.5. The van der Waals surface area contributed by atoms with E-state index in [4.69, 9.17) is 11.6 Å². The molecule has 2 aliphatic heterocycles. The molecule has 5 nitrogen and oxygen atoms in total. The molecule has 1 saturated heterocycles. The van der Waals surface area contributed by atoms with Gasteiger partial charge < -0.3 is 4.90 Å². The maximum atomic E-state index is 13.4. The summed E-state index contributed by atoms with van der Waals surface area (Å²) < 4.78 is 13.4. The highest BCUT2D eigenvalue weighted by Crippen LogP contribution is 2.30. The van der Waals surface area contributed by atoms with Crippen molar-refractivity contribution in [3.63, 3.8) is 0 Å². The van der Waals surface area contributed by atoms with E-state index in [1.165, 1.54) is 17.0 Å². The Labute approximate surface area is 155 Å². The van der Waals surface area contributed by atoms with E-state index < -0.39 is 17.5 Å². The van der Waals surface area contributed by atoms with Crippen molar-refractivity contribution >= 4 is 34.7 Å². The Hall–Kier alpha value is -2.44. The first-order valence-electron chi connectivity index (χ1n) is 8.41. The zero-order valence-electron chi connectivity index (χ0n) is 14.0. The van der Waals surface area contributed by atoms with Gasteiger partial charge in [-0.3, -0.25) is 19.4 Å². The summed E-state index contributed by atoms with van der Waals surface area (Å²) in [7, 11) is 0. The molecule has 2 aromatic carbocycles. The number of carbonyl (C=O) groups excluding carboxylic acids is 2. The highest BCUT2D eigenvalue weighted by Gasteiger charge is 2.37. The summed E-state index contributed by atoms with van der Waals surface area (Å²) in [5.41, 5.74) is 1.71. The van der Waals surface area contributed by atoms with E-state index in [2.05, 4.69) is 9.80 Å². The number of nitrogens with zero attached hydrogens (tertiary/aromatic N) is 3. The lowest BCUT2D eigenvalue weighted by Gasteiger charge is -2.37. The molecule has 7 heteroatoms. The molecule has 0 bridgehead atoms. The van der Waals surface area contributed by atoms with Crippen molar-refractivity contribution in [2.45, 2.75) is 0 Å². The molecule has 0 radical (unpaired) electrons. The van der Waals surface area contributed by atoms with Gasteiger partial charge in [0.15, 0.2) is 0 Å². The van der Waals surface area contributed by atoms with Crippen LogP contribution in [0.1, 0.15) is 10.4 Å². The largest absolute Gasteiger partial charge is 0.369 e. The monoisotopic (exact) mass is 373 g/mol. The van der Waals surface area contributed by atoms with Crippen molar-refractivity contribution in [1.82, 2.24) is 4.90 Å². The number of piperazine rings is 1. The first-order valence-corrected chi connectivity index (χ1v) is 8.79. The van der Waals surface area contributed by atoms with E-state index >= 15 is 0 Å². The van der Waals surface area contributed by atoms with Gasteiger partial charge in [0.05, 0.1) is 17.9 Å². The summed E-state index contributed by atoms with van der Waals surface area (Å²) in [5, 5.41) is 0.704. The van der Waals surface area contributed by atoms with E-state index in [0.29, 0.717) is 17.4 Å². The van der Waals surface area contributed by atoms with Crippen molar-refractivity contribution in [3.8, 4) is 0 Å². The third-order valence-electron chi connectivity index (χ3n) is 4.82. The van der Waals surface area contributed by atoms with Gasteiger partial charge in [-0.05, 0) is 36.4 Å².